The molecule has 130 valence electrons. The third kappa shape index (κ3) is 2.86. The summed E-state index contributed by atoms with van der Waals surface area (Å²) in [5.41, 5.74) is 2.40. The van der Waals surface area contributed by atoms with Crippen molar-refractivity contribution < 1.29 is 9.53 Å². The van der Waals surface area contributed by atoms with Gasteiger partial charge < -0.3 is 10.1 Å². The molecule has 6 heteroatoms. The molecule has 4 rings (SSSR count). The van der Waals surface area contributed by atoms with Gasteiger partial charge in [-0.3, -0.25) is 9.69 Å². The van der Waals surface area contributed by atoms with Crippen molar-refractivity contribution in [3.63, 3.8) is 0 Å². The zero-order valence-corrected chi connectivity index (χ0v) is 14.8. The van der Waals surface area contributed by atoms with Crippen molar-refractivity contribution >= 4 is 29.0 Å². The highest BCUT2D eigenvalue weighted by Crippen LogP contribution is 2.37. The molecular formula is C20H16ClN3O2. The van der Waals surface area contributed by atoms with Gasteiger partial charge >= 0.3 is 0 Å². The van der Waals surface area contributed by atoms with Crippen LogP contribution in [0.3, 0.4) is 0 Å². The van der Waals surface area contributed by atoms with Crippen LogP contribution >= 0.6 is 11.6 Å². The molecule has 5 nitrogen and oxygen atoms in total. The number of nitrogens with zero attached hydrogens (tertiary/aromatic N) is 2. The van der Waals surface area contributed by atoms with E-state index in [9.17, 15) is 4.79 Å². The molecule has 1 N–H and O–H groups in total. The minimum absolute atomic E-state index is 0.101. The number of pyridine rings is 1. The van der Waals surface area contributed by atoms with Crippen LogP contribution in [0.4, 0.5) is 11.5 Å². The number of hydrogen-bond acceptors (Lipinski definition) is 4. The number of halogens is 1. The van der Waals surface area contributed by atoms with Gasteiger partial charge in [-0.25, -0.2) is 4.98 Å². The summed E-state index contributed by atoms with van der Waals surface area (Å²) in [4.78, 5) is 19.0. The summed E-state index contributed by atoms with van der Waals surface area (Å²) in [6.45, 7) is 0. The highest BCUT2D eigenvalue weighted by molar-refractivity contribution is 6.30. The molecule has 0 spiro atoms. The van der Waals surface area contributed by atoms with Crippen molar-refractivity contribution in [3.05, 3.63) is 83.0 Å². The van der Waals surface area contributed by atoms with Crippen LogP contribution in [0.25, 0.3) is 0 Å². The average molecular weight is 366 g/mol. The van der Waals surface area contributed by atoms with Crippen molar-refractivity contribution in [2.75, 3.05) is 17.3 Å². The van der Waals surface area contributed by atoms with E-state index in [1.165, 1.54) is 6.20 Å². The first-order valence-corrected chi connectivity index (χ1v) is 8.50. The second kappa shape index (κ2) is 6.69. The van der Waals surface area contributed by atoms with E-state index in [-0.39, 0.29) is 12.1 Å². The smallest absolute Gasteiger partial charge is 0.261 e. The number of amides is 1. The van der Waals surface area contributed by atoms with Crippen molar-refractivity contribution in [1.29, 1.82) is 0 Å². The lowest BCUT2D eigenvalue weighted by Gasteiger charge is -2.26. The number of carbonyl (C=O) groups is 1. The number of benzene rings is 2. The molecule has 1 aromatic heterocycles. The number of aromatic nitrogens is 1. The quantitative estimate of drug-likeness (QED) is 0.738. The Kier molecular flexibility index (Phi) is 4.22. The third-order valence-electron chi connectivity index (χ3n) is 4.29. The first-order valence-electron chi connectivity index (χ1n) is 8.12. The summed E-state index contributed by atoms with van der Waals surface area (Å²) in [6, 6.07) is 18.6. The van der Waals surface area contributed by atoms with Crippen LogP contribution < -0.4 is 15.0 Å². The predicted octanol–water partition coefficient (Wildman–Crippen LogP) is 4.51. The molecule has 3 aromatic rings. The maximum Gasteiger partial charge on any atom is 0.261 e. The SMILES string of the molecule is COc1cccc(N[C@H]2c3ccccc3C(=O)N2c2ccc(Cl)cn2)c1. The molecule has 1 aliphatic heterocycles. The Balaban J connectivity index is 1.76. The van der Waals surface area contributed by atoms with Gasteiger partial charge in [-0.1, -0.05) is 35.9 Å². The van der Waals surface area contributed by atoms with Crippen molar-refractivity contribution in [3.8, 4) is 5.75 Å². The Morgan fingerprint density at radius 3 is 2.73 bits per heavy atom. The number of nitrogens with one attached hydrogen (secondary N) is 1. The largest absolute Gasteiger partial charge is 0.497 e. The second-order valence-electron chi connectivity index (χ2n) is 5.88. The van der Waals surface area contributed by atoms with Gasteiger partial charge in [-0.2, -0.15) is 0 Å². The van der Waals surface area contributed by atoms with Crippen LogP contribution in [0.2, 0.25) is 5.02 Å². The number of anilines is 2. The molecule has 2 heterocycles. The summed E-state index contributed by atoms with van der Waals surface area (Å²) in [7, 11) is 1.62. The maximum absolute atomic E-state index is 13.0. The van der Waals surface area contributed by atoms with E-state index in [4.69, 9.17) is 16.3 Å². The Morgan fingerprint density at radius 2 is 1.96 bits per heavy atom. The van der Waals surface area contributed by atoms with Crippen molar-refractivity contribution in [2.24, 2.45) is 0 Å². The lowest BCUT2D eigenvalue weighted by Crippen LogP contribution is -2.32. The molecular weight excluding hydrogens is 350 g/mol. The first-order chi connectivity index (χ1) is 12.7. The van der Waals surface area contributed by atoms with E-state index < -0.39 is 0 Å². The van der Waals surface area contributed by atoms with Gasteiger partial charge in [0.15, 0.2) is 0 Å². The maximum atomic E-state index is 13.0. The van der Waals surface area contributed by atoms with Gasteiger partial charge in [0.05, 0.1) is 12.1 Å². The van der Waals surface area contributed by atoms with Crippen molar-refractivity contribution in [2.45, 2.75) is 6.17 Å². The molecule has 1 atom stereocenters. The van der Waals surface area contributed by atoms with E-state index in [2.05, 4.69) is 10.3 Å². The average Bonchev–Trinajstić information content (AvgIpc) is 2.95. The fourth-order valence-electron chi connectivity index (χ4n) is 3.08. The molecule has 1 aliphatic rings. The molecule has 1 amide bonds. The molecule has 26 heavy (non-hydrogen) atoms. The number of ether oxygens (including phenoxy) is 1. The molecule has 2 aromatic carbocycles. The van der Waals surface area contributed by atoms with Crippen molar-refractivity contribution in [1.82, 2.24) is 4.98 Å². The van der Waals surface area contributed by atoms with Crippen LogP contribution in [0.1, 0.15) is 22.1 Å². The Morgan fingerprint density at radius 1 is 1.12 bits per heavy atom. The van der Waals surface area contributed by atoms with E-state index in [1.54, 1.807) is 24.1 Å². The molecule has 0 saturated heterocycles. The van der Waals surface area contributed by atoms with Gasteiger partial charge in [0.1, 0.15) is 17.7 Å². The number of hydrogen-bond donors (Lipinski definition) is 1. The van der Waals surface area contributed by atoms with Crippen LogP contribution in [-0.4, -0.2) is 18.0 Å². The monoisotopic (exact) mass is 365 g/mol. The second-order valence-corrected chi connectivity index (χ2v) is 6.31. The summed E-state index contributed by atoms with van der Waals surface area (Å²) in [5.74, 6) is 1.18. The van der Waals surface area contributed by atoms with Gasteiger partial charge in [0.25, 0.3) is 5.91 Å². The van der Waals surface area contributed by atoms with Gasteiger partial charge in [-0.15, -0.1) is 0 Å². The fraction of sp³-hybridized carbons (Fsp3) is 0.100. The van der Waals surface area contributed by atoms with Gasteiger partial charge in [0.2, 0.25) is 0 Å². The third-order valence-corrected chi connectivity index (χ3v) is 4.52. The zero-order chi connectivity index (χ0) is 18.1. The number of methoxy groups -OCH3 is 1. The van der Waals surface area contributed by atoms with E-state index in [0.717, 1.165) is 17.0 Å². The van der Waals surface area contributed by atoms with Gasteiger partial charge in [0, 0.05) is 29.1 Å². The topological polar surface area (TPSA) is 54.5 Å². The normalized spacial score (nSPS) is 15.7. The van der Waals surface area contributed by atoms with Crippen LogP contribution in [0.5, 0.6) is 5.75 Å². The first kappa shape index (κ1) is 16.4. The number of rotatable bonds is 4. The van der Waals surface area contributed by atoms with E-state index in [1.807, 2.05) is 48.5 Å². The highest BCUT2D eigenvalue weighted by Gasteiger charge is 2.38. The van der Waals surface area contributed by atoms with Crippen LogP contribution in [0.15, 0.2) is 66.9 Å². The van der Waals surface area contributed by atoms with E-state index in [0.29, 0.717) is 16.4 Å². The highest BCUT2D eigenvalue weighted by atomic mass is 35.5. The van der Waals surface area contributed by atoms with E-state index >= 15 is 0 Å². The number of fused-ring (bicyclic) bond motifs is 1. The van der Waals surface area contributed by atoms with Gasteiger partial charge in [-0.05, 0) is 30.3 Å². The molecule has 0 saturated carbocycles. The minimum atomic E-state index is -0.375. The Hall–Kier alpha value is -3.05. The molecule has 0 radical (unpaired) electrons. The minimum Gasteiger partial charge on any atom is -0.497 e. The fourth-order valence-corrected chi connectivity index (χ4v) is 3.19. The standard InChI is InChI=1S/C20H16ClN3O2/c1-26-15-6-4-5-14(11-15)23-19-16-7-2-3-8-17(16)20(25)24(19)18-10-9-13(21)12-22-18/h2-12,19,23H,1H3/t19-/m1/s1. The Labute approximate surface area is 156 Å². The molecule has 0 bridgehead atoms. The summed E-state index contributed by atoms with van der Waals surface area (Å²) >= 11 is 5.95. The summed E-state index contributed by atoms with van der Waals surface area (Å²) in [5, 5.41) is 3.94. The van der Waals surface area contributed by atoms with Crippen LogP contribution in [0, 0.1) is 0 Å². The molecule has 0 unspecified atom stereocenters. The van der Waals surface area contributed by atoms with Crippen LogP contribution in [-0.2, 0) is 0 Å². The summed E-state index contributed by atoms with van der Waals surface area (Å²) < 4.78 is 5.29. The lowest BCUT2D eigenvalue weighted by molar-refractivity contribution is 0.0992. The zero-order valence-electron chi connectivity index (χ0n) is 14.0. The Bertz CT molecular complexity index is 959. The molecule has 0 fully saturated rings. The lowest BCUT2D eigenvalue weighted by atomic mass is 10.1. The summed E-state index contributed by atoms with van der Waals surface area (Å²) in [6.07, 6.45) is 1.16. The number of carbonyl (C=O) groups excluding carboxylic acids is 1. The molecule has 0 aliphatic carbocycles. The predicted molar refractivity (Wildman–Crippen MR) is 102 cm³/mol.